The van der Waals surface area contributed by atoms with Gasteiger partial charge in [0.25, 0.3) is 0 Å². The second-order valence-electron chi connectivity index (χ2n) is 1.21. The highest BCUT2D eigenvalue weighted by molar-refractivity contribution is 5.72. The Bertz CT molecular complexity index is 125. The van der Waals surface area contributed by atoms with Crippen molar-refractivity contribution in [2.45, 2.75) is 12.6 Å². The molecular weight excluding hydrogens is 111 g/mol. The van der Waals surface area contributed by atoms with Gasteiger partial charge in [-0.3, -0.25) is 0 Å². The minimum absolute atomic E-state index is 0.352. The molecule has 0 saturated carbocycles. The summed E-state index contributed by atoms with van der Waals surface area (Å²) >= 11 is 0. The molecule has 0 aliphatic heterocycles. The van der Waals surface area contributed by atoms with Crippen LogP contribution in [0.4, 0.5) is 4.39 Å². The summed E-state index contributed by atoms with van der Waals surface area (Å²) in [7, 11) is 0. The van der Waals surface area contributed by atoms with E-state index >= 15 is 0 Å². The third-order valence-corrected chi connectivity index (χ3v) is 0.565. The fourth-order valence-corrected chi connectivity index (χ4v) is 0.191. The maximum absolute atomic E-state index is 11.8. The number of hydrogen-bond donors (Lipinski definition) is 1. The first-order valence-electron chi connectivity index (χ1n) is 1.99. The molecule has 1 N–H and O–H groups in total. The molecule has 1 atom stereocenters. The zero-order valence-electron chi connectivity index (χ0n) is 4.10. The first-order chi connectivity index (χ1) is 3.68. The molecule has 0 saturated heterocycles. The van der Waals surface area contributed by atoms with Crippen LogP contribution in [0, 0.1) is 12.3 Å². The molecule has 0 spiro atoms. The van der Waals surface area contributed by atoms with Gasteiger partial charge in [-0.2, -0.15) is 0 Å². The van der Waals surface area contributed by atoms with E-state index in [1.165, 1.54) is 0 Å². The molecule has 1 unspecified atom stereocenters. The van der Waals surface area contributed by atoms with E-state index in [4.69, 9.17) is 5.11 Å². The van der Waals surface area contributed by atoms with Gasteiger partial charge >= 0.3 is 5.97 Å². The average Bonchev–Trinajstić information content (AvgIpc) is 1.67. The fraction of sp³-hybridized carbons (Fsp3) is 0.400. The molecule has 0 bridgehead atoms. The summed E-state index contributed by atoms with van der Waals surface area (Å²) in [5, 5.41) is 7.84. The first kappa shape index (κ1) is 6.96. The molecule has 0 amide bonds. The number of aliphatic carboxylic acids is 1. The van der Waals surface area contributed by atoms with Crippen LogP contribution in [0.15, 0.2) is 0 Å². The van der Waals surface area contributed by atoms with Crippen LogP contribution in [0.2, 0.25) is 0 Å². The Kier molecular flexibility index (Phi) is 2.63. The minimum atomic E-state index is -1.90. The van der Waals surface area contributed by atoms with Crippen LogP contribution in [0.5, 0.6) is 0 Å². The summed E-state index contributed by atoms with van der Waals surface area (Å²) in [4.78, 5) is 9.62. The van der Waals surface area contributed by atoms with E-state index in [0.29, 0.717) is 0 Å². The first-order valence-corrected chi connectivity index (χ1v) is 1.99. The Hall–Kier alpha value is -1.04. The van der Waals surface area contributed by atoms with Crippen LogP contribution in [0.1, 0.15) is 6.42 Å². The lowest BCUT2D eigenvalue weighted by atomic mass is 10.3. The van der Waals surface area contributed by atoms with Crippen LogP contribution >= 0.6 is 0 Å². The predicted molar refractivity (Wildman–Crippen MR) is 26.0 cm³/mol. The summed E-state index contributed by atoms with van der Waals surface area (Å²) in [6.07, 6.45) is 2.36. The van der Waals surface area contributed by atoms with Crippen LogP contribution in [-0.4, -0.2) is 17.2 Å². The number of hydrogen-bond acceptors (Lipinski definition) is 1. The van der Waals surface area contributed by atoms with E-state index in [2.05, 4.69) is 6.42 Å². The van der Waals surface area contributed by atoms with Crippen molar-refractivity contribution in [2.24, 2.45) is 0 Å². The van der Waals surface area contributed by atoms with Crippen molar-refractivity contribution in [3.63, 3.8) is 0 Å². The Labute approximate surface area is 46.3 Å². The lowest BCUT2D eigenvalue weighted by molar-refractivity contribution is -0.142. The molecule has 0 aliphatic rings. The van der Waals surface area contributed by atoms with Gasteiger partial charge in [0.05, 0.1) is 6.42 Å². The lowest BCUT2D eigenvalue weighted by Gasteiger charge is -1.92. The van der Waals surface area contributed by atoms with Crippen LogP contribution in [0.3, 0.4) is 0 Å². The van der Waals surface area contributed by atoms with E-state index in [9.17, 15) is 9.18 Å². The number of carboxylic acids is 1. The van der Waals surface area contributed by atoms with Gasteiger partial charge < -0.3 is 5.11 Å². The topological polar surface area (TPSA) is 37.3 Å². The minimum Gasteiger partial charge on any atom is -0.479 e. The number of alkyl halides is 1. The normalized spacial score (nSPS) is 12.0. The Morgan fingerprint density at radius 1 is 2.00 bits per heavy atom. The molecule has 44 valence electrons. The molecule has 0 aromatic rings. The van der Waals surface area contributed by atoms with Crippen molar-refractivity contribution >= 4 is 5.97 Å². The van der Waals surface area contributed by atoms with Crippen molar-refractivity contribution < 1.29 is 14.3 Å². The summed E-state index contributed by atoms with van der Waals surface area (Å²) in [6, 6.07) is 0. The zero-order chi connectivity index (χ0) is 6.57. The summed E-state index contributed by atoms with van der Waals surface area (Å²) in [5.74, 6) is 0.396. The second kappa shape index (κ2) is 3.03. The predicted octanol–water partition coefficient (Wildman–Crippen LogP) is 0.432. The van der Waals surface area contributed by atoms with E-state index in [-0.39, 0.29) is 6.42 Å². The van der Waals surface area contributed by atoms with Crippen molar-refractivity contribution in [3.05, 3.63) is 0 Å². The highest BCUT2D eigenvalue weighted by Gasteiger charge is 2.12. The van der Waals surface area contributed by atoms with E-state index in [0.717, 1.165) is 0 Å². The second-order valence-corrected chi connectivity index (χ2v) is 1.21. The number of terminal acetylenes is 1. The Balaban J connectivity index is 3.52. The molecule has 0 heterocycles. The van der Waals surface area contributed by atoms with Gasteiger partial charge in [0.2, 0.25) is 6.17 Å². The van der Waals surface area contributed by atoms with Crippen LogP contribution < -0.4 is 0 Å². The lowest BCUT2D eigenvalue weighted by Crippen LogP contribution is -2.12. The van der Waals surface area contributed by atoms with E-state index in [1.54, 1.807) is 0 Å². The molecule has 3 heteroatoms. The van der Waals surface area contributed by atoms with Crippen molar-refractivity contribution in [1.82, 2.24) is 0 Å². The van der Waals surface area contributed by atoms with Crippen molar-refractivity contribution in [3.8, 4) is 12.3 Å². The van der Waals surface area contributed by atoms with Crippen LogP contribution in [0.25, 0.3) is 0 Å². The maximum atomic E-state index is 11.8. The van der Waals surface area contributed by atoms with Gasteiger partial charge in [-0.15, -0.1) is 12.3 Å². The molecule has 8 heavy (non-hydrogen) atoms. The fourth-order valence-electron chi connectivity index (χ4n) is 0.191. The molecule has 0 aromatic heterocycles. The summed E-state index contributed by atoms with van der Waals surface area (Å²) < 4.78 is 11.8. The third-order valence-electron chi connectivity index (χ3n) is 0.565. The van der Waals surface area contributed by atoms with Gasteiger partial charge in [0.15, 0.2) is 0 Å². The standard InChI is InChI=1S/C5H5FO2/c1-2-3-4(6)5(7)8/h1,4H,3H2,(H,7,8). The molecule has 0 rings (SSSR count). The van der Waals surface area contributed by atoms with Crippen LogP contribution in [-0.2, 0) is 4.79 Å². The smallest absolute Gasteiger partial charge is 0.339 e. The molecular formula is C5H5FO2. The summed E-state index contributed by atoms with van der Waals surface area (Å²) in [5.41, 5.74) is 0. The molecule has 0 aromatic carbocycles. The molecule has 0 aliphatic carbocycles. The van der Waals surface area contributed by atoms with Crippen molar-refractivity contribution in [1.29, 1.82) is 0 Å². The third kappa shape index (κ3) is 2.19. The van der Waals surface area contributed by atoms with Gasteiger partial charge in [-0.05, 0) is 0 Å². The molecule has 2 nitrogen and oxygen atoms in total. The number of rotatable bonds is 2. The Morgan fingerprint density at radius 3 is 2.62 bits per heavy atom. The molecule has 0 fully saturated rings. The molecule has 0 radical (unpaired) electrons. The number of carbonyl (C=O) groups is 1. The monoisotopic (exact) mass is 116 g/mol. The number of carboxylic acid groups (broad SMARTS) is 1. The van der Waals surface area contributed by atoms with E-state index in [1.807, 2.05) is 5.92 Å². The largest absolute Gasteiger partial charge is 0.479 e. The van der Waals surface area contributed by atoms with Gasteiger partial charge in [0, 0.05) is 0 Å². The SMILES string of the molecule is C#CCC(F)C(=O)O. The van der Waals surface area contributed by atoms with E-state index < -0.39 is 12.1 Å². The van der Waals surface area contributed by atoms with Gasteiger partial charge in [-0.25, -0.2) is 9.18 Å². The highest BCUT2D eigenvalue weighted by atomic mass is 19.1. The highest BCUT2D eigenvalue weighted by Crippen LogP contribution is 1.94. The summed E-state index contributed by atoms with van der Waals surface area (Å²) in [6.45, 7) is 0. The number of halogens is 1. The quantitative estimate of drug-likeness (QED) is 0.531. The van der Waals surface area contributed by atoms with Crippen molar-refractivity contribution in [2.75, 3.05) is 0 Å². The Morgan fingerprint density at radius 2 is 2.50 bits per heavy atom. The maximum Gasteiger partial charge on any atom is 0.339 e. The average molecular weight is 116 g/mol. The zero-order valence-corrected chi connectivity index (χ0v) is 4.10. The van der Waals surface area contributed by atoms with Gasteiger partial charge in [-0.1, -0.05) is 0 Å². The van der Waals surface area contributed by atoms with Gasteiger partial charge in [0.1, 0.15) is 0 Å².